The molecule has 3 unspecified atom stereocenters. The number of aryl methyl sites for hydroxylation is 1. The highest BCUT2D eigenvalue weighted by atomic mass is 16.6. The average molecular weight is 656 g/mol. The second kappa shape index (κ2) is 16.8. The van der Waals surface area contributed by atoms with Crippen LogP contribution in [0.3, 0.4) is 0 Å². The Kier molecular flexibility index (Phi) is 13.1. The van der Waals surface area contributed by atoms with E-state index < -0.39 is 53.2 Å². The minimum Gasteiger partial charge on any atom is -0.458 e. The maximum absolute atomic E-state index is 14.6. The molecule has 256 valence electrons. The first-order valence-electron chi connectivity index (χ1n) is 16.1. The normalized spacial score (nSPS) is 13.3. The number of alkyl carbamates (subject to hydrolysis) is 1. The van der Waals surface area contributed by atoms with Crippen LogP contribution >= 0.6 is 0 Å². The van der Waals surface area contributed by atoms with E-state index >= 15 is 0 Å². The zero-order valence-corrected chi connectivity index (χ0v) is 29.1. The molecule has 2 N–H and O–H groups in total. The lowest BCUT2D eigenvalue weighted by Crippen LogP contribution is -2.55. The van der Waals surface area contributed by atoms with Crippen LogP contribution in [0.1, 0.15) is 69.8 Å². The van der Waals surface area contributed by atoms with E-state index in [0.717, 1.165) is 16.7 Å². The molecule has 0 aliphatic heterocycles. The average Bonchev–Trinajstić information content (AvgIpc) is 3.00. The van der Waals surface area contributed by atoms with E-state index in [1.165, 1.54) is 11.0 Å². The molecule has 0 radical (unpaired) electrons. The summed E-state index contributed by atoms with van der Waals surface area (Å²) in [6.45, 7) is 16.2. The SMILES string of the molecule is C=CCN(C(=O)C(Cc1ccccc1)NC(=O)OC(C)(C)C)C(C(=O)NC(Cc1ccccc1)C(=O)OC(C)(C)C)c1ccc(C)cc1. The maximum Gasteiger partial charge on any atom is 0.408 e. The van der Waals surface area contributed by atoms with Gasteiger partial charge in [0.05, 0.1) is 0 Å². The van der Waals surface area contributed by atoms with Gasteiger partial charge in [0.2, 0.25) is 11.8 Å². The van der Waals surface area contributed by atoms with Gasteiger partial charge in [0, 0.05) is 19.4 Å². The molecule has 9 nitrogen and oxygen atoms in total. The van der Waals surface area contributed by atoms with Crippen molar-refractivity contribution in [2.24, 2.45) is 0 Å². The van der Waals surface area contributed by atoms with Crippen LogP contribution in [0.15, 0.2) is 97.6 Å². The number of rotatable bonds is 13. The molecule has 0 saturated heterocycles. The van der Waals surface area contributed by atoms with Gasteiger partial charge in [0.25, 0.3) is 0 Å². The van der Waals surface area contributed by atoms with Crippen LogP contribution in [-0.2, 0) is 36.7 Å². The molecule has 0 fully saturated rings. The van der Waals surface area contributed by atoms with Crippen LogP contribution in [0, 0.1) is 6.92 Å². The molecule has 0 spiro atoms. The monoisotopic (exact) mass is 655 g/mol. The summed E-state index contributed by atoms with van der Waals surface area (Å²) in [4.78, 5) is 56.9. The Morgan fingerprint density at radius 2 is 1.23 bits per heavy atom. The number of carbonyl (C=O) groups is 4. The fourth-order valence-electron chi connectivity index (χ4n) is 5.05. The van der Waals surface area contributed by atoms with Crippen LogP contribution in [0.4, 0.5) is 4.79 Å². The van der Waals surface area contributed by atoms with Crippen molar-refractivity contribution in [1.82, 2.24) is 15.5 Å². The van der Waals surface area contributed by atoms with Gasteiger partial charge in [-0.2, -0.15) is 0 Å². The van der Waals surface area contributed by atoms with E-state index in [2.05, 4.69) is 17.2 Å². The smallest absolute Gasteiger partial charge is 0.408 e. The molecule has 0 aliphatic carbocycles. The Morgan fingerprint density at radius 3 is 1.71 bits per heavy atom. The highest BCUT2D eigenvalue weighted by Crippen LogP contribution is 2.25. The van der Waals surface area contributed by atoms with Gasteiger partial charge in [-0.15, -0.1) is 6.58 Å². The van der Waals surface area contributed by atoms with Crippen molar-refractivity contribution in [3.63, 3.8) is 0 Å². The molecule has 48 heavy (non-hydrogen) atoms. The number of benzene rings is 3. The minimum absolute atomic E-state index is 0.0259. The Labute approximate surface area is 284 Å². The Bertz CT molecular complexity index is 1530. The number of amides is 3. The standard InChI is InChI=1S/C39H49N3O6/c1-9-24-42(35(44)31(25-28-16-12-10-13-17-28)41-37(46)48-39(6,7)8)33(30-22-20-27(2)21-23-30)34(43)40-32(36(45)47-38(3,4)5)26-29-18-14-11-15-19-29/h9-23,31-33H,1,24-26H2,2-8H3,(H,40,43)(H,41,46). The molecule has 0 bridgehead atoms. The topological polar surface area (TPSA) is 114 Å². The first kappa shape index (κ1) is 37.5. The lowest BCUT2D eigenvalue weighted by Gasteiger charge is -2.35. The summed E-state index contributed by atoms with van der Waals surface area (Å²) < 4.78 is 11.2. The van der Waals surface area contributed by atoms with Crippen LogP contribution in [0.5, 0.6) is 0 Å². The first-order valence-corrected chi connectivity index (χ1v) is 16.1. The van der Waals surface area contributed by atoms with Crippen LogP contribution in [0.25, 0.3) is 0 Å². The molecule has 3 aromatic carbocycles. The zero-order valence-electron chi connectivity index (χ0n) is 29.1. The lowest BCUT2D eigenvalue weighted by molar-refractivity contribution is -0.159. The number of carbonyl (C=O) groups excluding carboxylic acids is 4. The van der Waals surface area contributed by atoms with Crippen LogP contribution < -0.4 is 10.6 Å². The molecule has 0 aliphatic rings. The van der Waals surface area contributed by atoms with Gasteiger partial charge in [-0.05, 0) is 65.2 Å². The first-order chi connectivity index (χ1) is 22.6. The summed E-state index contributed by atoms with van der Waals surface area (Å²) >= 11 is 0. The number of nitrogens with one attached hydrogen (secondary N) is 2. The number of ether oxygens (including phenoxy) is 2. The van der Waals surface area contributed by atoms with Crippen molar-refractivity contribution in [1.29, 1.82) is 0 Å². The van der Waals surface area contributed by atoms with Gasteiger partial charge in [-0.1, -0.05) is 96.6 Å². The molecule has 3 aromatic rings. The molecule has 0 aromatic heterocycles. The van der Waals surface area contributed by atoms with Crippen LogP contribution in [-0.4, -0.2) is 58.6 Å². The molecule has 3 rings (SSSR count). The Balaban J connectivity index is 2.07. The predicted molar refractivity (Wildman–Crippen MR) is 187 cm³/mol. The van der Waals surface area contributed by atoms with Crippen molar-refractivity contribution in [3.05, 3.63) is 120 Å². The van der Waals surface area contributed by atoms with Crippen molar-refractivity contribution >= 4 is 23.9 Å². The largest absolute Gasteiger partial charge is 0.458 e. The molecule has 9 heteroatoms. The molecule has 0 heterocycles. The summed E-state index contributed by atoms with van der Waals surface area (Å²) in [5.41, 5.74) is 1.51. The van der Waals surface area contributed by atoms with Gasteiger partial charge < -0.3 is 25.0 Å². The Hall–Kier alpha value is -4.92. The number of esters is 1. The molecule has 0 saturated carbocycles. The van der Waals surface area contributed by atoms with Gasteiger partial charge in [0.1, 0.15) is 29.3 Å². The van der Waals surface area contributed by atoms with Crippen molar-refractivity contribution < 1.29 is 28.7 Å². The Morgan fingerprint density at radius 1 is 0.729 bits per heavy atom. The highest BCUT2D eigenvalue weighted by molar-refractivity contribution is 5.94. The van der Waals surface area contributed by atoms with Gasteiger partial charge in [-0.25, -0.2) is 9.59 Å². The fraction of sp³-hybridized carbons (Fsp3) is 0.385. The number of hydrogen-bond donors (Lipinski definition) is 2. The van der Waals surface area contributed by atoms with Crippen molar-refractivity contribution in [2.45, 2.75) is 90.6 Å². The molecular weight excluding hydrogens is 606 g/mol. The zero-order chi connectivity index (χ0) is 35.5. The van der Waals surface area contributed by atoms with E-state index in [1.54, 1.807) is 53.7 Å². The maximum atomic E-state index is 14.6. The van der Waals surface area contributed by atoms with E-state index in [4.69, 9.17) is 9.47 Å². The second-order valence-corrected chi connectivity index (χ2v) is 13.8. The summed E-state index contributed by atoms with van der Waals surface area (Å²) in [5.74, 6) is -1.71. The van der Waals surface area contributed by atoms with E-state index in [-0.39, 0.29) is 19.4 Å². The quantitative estimate of drug-likeness (QED) is 0.166. The third-order valence-electron chi connectivity index (χ3n) is 7.12. The summed E-state index contributed by atoms with van der Waals surface area (Å²) in [7, 11) is 0. The predicted octanol–water partition coefficient (Wildman–Crippen LogP) is 6.26. The molecular formula is C39H49N3O6. The molecule has 3 amide bonds. The van der Waals surface area contributed by atoms with E-state index in [1.807, 2.05) is 79.7 Å². The van der Waals surface area contributed by atoms with Gasteiger partial charge in [-0.3, -0.25) is 9.59 Å². The fourth-order valence-corrected chi connectivity index (χ4v) is 5.05. The third kappa shape index (κ3) is 12.0. The second-order valence-electron chi connectivity index (χ2n) is 13.8. The number of hydrogen-bond acceptors (Lipinski definition) is 6. The highest BCUT2D eigenvalue weighted by Gasteiger charge is 2.38. The molecule has 3 atom stereocenters. The minimum atomic E-state index is -1.18. The van der Waals surface area contributed by atoms with Crippen LogP contribution in [0.2, 0.25) is 0 Å². The number of nitrogens with zero attached hydrogens (tertiary/aromatic N) is 1. The third-order valence-corrected chi connectivity index (χ3v) is 7.12. The van der Waals surface area contributed by atoms with Gasteiger partial charge >= 0.3 is 12.1 Å². The lowest BCUT2D eigenvalue weighted by atomic mass is 9.98. The van der Waals surface area contributed by atoms with E-state index in [0.29, 0.717) is 5.56 Å². The van der Waals surface area contributed by atoms with Crippen molar-refractivity contribution in [3.8, 4) is 0 Å². The summed E-state index contributed by atoms with van der Waals surface area (Å²) in [6, 6.07) is 22.5. The summed E-state index contributed by atoms with van der Waals surface area (Å²) in [6.07, 6.45) is 1.08. The van der Waals surface area contributed by atoms with E-state index in [9.17, 15) is 19.2 Å². The van der Waals surface area contributed by atoms with Crippen molar-refractivity contribution in [2.75, 3.05) is 6.54 Å². The summed E-state index contributed by atoms with van der Waals surface area (Å²) in [5, 5.41) is 5.64. The van der Waals surface area contributed by atoms with Gasteiger partial charge in [0.15, 0.2) is 0 Å².